The van der Waals surface area contributed by atoms with E-state index in [0.29, 0.717) is 62.7 Å². The van der Waals surface area contributed by atoms with E-state index < -0.39 is 23.3 Å². The summed E-state index contributed by atoms with van der Waals surface area (Å²) in [4.78, 5) is 29.0. The first-order valence-corrected chi connectivity index (χ1v) is 19.9. The summed E-state index contributed by atoms with van der Waals surface area (Å²) in [5.41, 5.74) is 5.75. The second kappa shape index (κ2) is 13.2. The lowest BCUT2D eigenvalue weighted by atomic mass is 9.75. The highest BCUT2D eigenvalue weighted by molar-refractivity contribution is 7.23. The minimum Gasteiger partial charge on any atom is -0.461 e. The van der Waals surface area contributed by atoms with Crippen molar-refractivity contribution in [2.75, 3.05) is 56.5 Å². The van der Waals surface area contributed by atoms with Crippen LogP contribution < -0.4 is 15.4 Å². The molecule has 0 unspecified atom stereocenters. The van der Waals surface area contributed by atoms with Crippen LogP contribution in [0.2, 0.25) is 5.02 Å². The van der Waals surface area contributed by atoms with Crippen molar-refractivity contribution in [1.29, 1.82) is 5.26 Å². The predicted octanol–water partition coefficient (Wildman–Crippen LogP) is 7.86. The Morgan fingerprint density at radius 1 is 1.11 bits per heavy atom. The van der Waals surface area contributed by atoms with Crippen LogP contribution in [0.3, 0.4) is 0 Å². The molecule has 53 heavy (non-hydrogen) atoms. The Morgan fingerprint density at radius 2 is 1.94 bits per heavy atom. The van der Waals surface area contributed by atoms with Gasteiger partial charge in [-0.2, -0.15) is 15.2 Å². The molecule has 2 N–H and O–H groups in total. The normalized spacial score (nSPS) is 24.3. The van der Waals surface area contributed by atoms with E-state index in [-0.39, 0.29) is 66.3 Å². The van der Waals surface area contributed by atoms with Crippen LogP contribution in [0.15, 0.2) is 18.2 Å². The maximum Gasteiger partial charge on any atom is 0.319 e. The number of likely N-dealkylation sites (tertiary alicyclic amines) is 1. The zero-order valence-electron chi connectivity index (χ0n) is 29.4. The Kier molecular flexibility index (Phi) is 8.66. The molecular weight excluding hydrogens is 723 g/mol. The van der Waals surface area contributed by atoms with Crippen LogP contribution in [0.1, 0.15) is 69.8 Å². The lowest BCUT2D eigenvalue weighted by Gasteiger charge is -2.52. The monoisotopic (exact) mass is 763 g/mol. The van der Waals surface area contributed by atoms with E-state index >= 15 is 8.78 Å². The molecule has 4 aliphatic heterocycles. The number of carbonyl (C=O) groups is 1. The highest BCUT2D eigenvalue weighted by Gasteiger charge is 2.50. The number of alkyl halides is 1. The number of hydrogen-bond acceptors (Lipinski definition) is 9. The van der Waals surface area contributed by atoms with Gasteiger partial charge in [-0.25, -0.2) is 13.2 Å². The highest BCUT2D eigenvalue weighted by atomic mass is 35.5. The second-order valence-corrected chi connectivity index (χ2v) is 17.5. The van der Waals surface area contributed by atoms with Gasteiger partial charge in [0.1, 0.15) is 41.0 Å². The number of fused-ring (bicyclic) bond motifs is 3. The van der Waals surface area contributed by atoms with E-state index in [2.05, 4.69) is 20.9 Å². The maximum atomic E-state index is 17.3. The fourth-order valence-electron chi connectivity index (χ4n) is 9.69. The minimum absolute atomic E-state index is 0.0193. The molecule has 278 valence electrons. The standard InChI is InChI=1S/C39H41ClF3N7O2S/c40-27-14-25-33(32(43)31(27)24-7-8-28(42)34-30(24)26(16-44)35(45)53-34)46-37(52-21-39-10-4-12-50(39)17-23(41)15-39)47-36(25)48-11-2-1-9-38(18-48)19-49(20-38)29(51)13-22-5-3-6-22/h7-8,14,22-23H,1-6,9-13,15,17-21,45H2/t23-,39+/m1/s1. The number of nitriles is 1. The quantitative estimate of drug-likeness (QED) is 0.203. The van der Waals surface area contributed by atoms with Crippen LogP contribution in [-0.2, 0) is 4.79 Å². The van der Waals surface area contributed by atoms with Crippen molar-refractivity contribution >= 4 is 60.7 Å². The molecule has 2 aromatic heterocycles. The largest absolute Gasteiger partial charge is 0.461 e. The molecule has 2 atom stereocenters. The van der Waals surface area contributed by atoms with E-state index in [4.69, 9.17) is 27.1 Å². The van der Waals surface area contributed by atoms with Crippen molar-refractivity contribution in [3.8, 4) is 23.2 Å². The Bertz CT molecular complexity index is 2180. The molecule has 6 heterocycles. The van der Waals surface area contributed by atoms with Gasteiger partial charge in [0.2, 0.25) is 5.91 Å². The third-order valence-electron chi connectivity index (χ3n) is 12.6. The number of carbonyl (C=O) groups excluding carboxylic acids is 1. The summed E-state index contributed by atoms with van der Waals surface area (Å²) in [6, 6.07) is 6.30. The molecule has 5 aliphatic rings. The zero-order valence-corrected chi connectivity index (χ0v) is 31.0. The highest BCUT2D eigenvalue weighted by Crippen LogP contribution is 2.47. The summed E-state index contributed by atoms with van der Waals surface area (Å²) in [5, 5.41) is 10.7. The maximum absolute atomic E-state index is 17.3. The molecule has 4 aromatic rings. The lowest BCUT2D eigenvalue weighted by Crippen LogP contribution is -2.62. The number of anilines is 2. The Labute approximate surface area is 314 Å². The number of nitrogen functional groups attached to an aromatic ring is 1. The summed E-state index contributed by atoms with van der Waals surface area (Å²) in [6.45, 7) is 3.95. The first-order valence-electron chi connectivity index (χ1n) is 18.7. The van der Waals surface area contributed by atoms with Crippen molar-refractivity contribution in [2.24, 2.45) is 11.3 Å². The topological polar surface area (TPSA) is 112 Å². The number of hydrogen-bond donors (Lipinski definition) is 1. The number of halogens is 4. The summed E-state index contributed by atoms with van der Waals surface area (Å²) in [7, 11) is 0. The molecule has 2 aromatic carbocycles. The smallest absolute Gasteiger partial charge is 0.319 e. The third kappa shape index (κ3) is 5.87. The third-order valence-corrected chi connectivity index (χ3v) is 13.9. The molecular formula is C39H41ClF3N7O2S. The van der Waals surface area contributed by atoms with Crippen molar-refractivity contribution in [1.82, 2.24) is 19.8 Å². The van der Waals surface area contributed by atoms with Crippen LogP contribution >= 0.6 is 22.9 Å². The van der Waals surface area contributed by atoms with E-state index in [1.165, 1.54) is 18.6 Å². The van der Waals surface area contributed by atoms with Crippen LogP contribution in [0.4, 0.5) is 24.0 Å². The van der Waals surface area contributed by atoms with Gasteiger partial charge >= 0.3 is 6.01 Å². The SMILES string of the molecule is N#Cc1c(N)sc2c(F)ccc(-c3c(Cl)cc4c(N5CCCCC6(CN(C(=O)CC7CCC7)C6)C5)nc(OC[C@@]56CCCN5C[C@H](F)C6)nc4c3F)c12. The van der Waals surface area contributed by atoms with Gasteiger partial charge in [0.15, 0.2) is 5.82 Å². The molecule has 1 spiro atoms. The van der Waals surface area contributed by atoms with Gasteiger partial charge in [-0.15, -0.1) is 11.3 Å². The van der Waals surface area contributed by atoms with Gasteiger partial charge in [-0.3, -0.25) is 9.69 Å². The minimum atomic E-state index is -0.943. The van der Waals surface area contributed by atoms with Crippen LogP contribution in [0.25, 0.3) is 32.1 Å². The summed E-state index contributed by atoms with van der Waals surface area (Å²) in [6.07, 6.45) is 8.07. The number of aromatic nitrogens is 2. The number of thiophene rings is 1. The number of ether oxygens (including phenoxy) is 1. The summed E-state index contributed by atoms with van der Waals surface area (Å²) >= 11 is 7.89. The summed E-state index contributed by atoms with van der Waals surface area (Å²) in [5.74, 6) is -0.114. The van der Waals surface area contributed by atoms with Crippen LogP contribution in [0.5, 0.6) is 6.01 Å². The molecule has 9 rings (SSSR count). The molecule has 5 fully saturated rings. The molecule has 4 saturated heterocycles. The predicted molar refractivity (Wildman–Crippen MR) is 200 cm³/mol. The van der Waals surface area contributed by atoms with Crippen molar-refractivity contribution < 1.29 is 22.7 Å². The van der Waals surface area contributed by atoms with Gasteiger partial charge in [0, 0.05) is 67.3 Å². The molecule has 9 nitrogen and oxygen atoms in total. The molecule has 1 amide bonds. The van der Waals surface area contributed by atoms with Gasteiger partial charge in [-0.1, -0.05) is 30.5 Å². The fraction of sp³-hybridized carbons (Fsp3) is 0.538. The molecule has 1 aliphatic carbocycles. The van der Waals surface area contributed by atoms with Crippen LogP contribution in [-0.4, -0.2) is 83.3 Å². The van der Waals surface area contributed by atoms with Crippen molar-refractivity contribution in [3.63, 3.8) is 0 Å². The average Bonchev–Trinajstić information content (AvgIpc) is 3.68. The van der Waals surface area contributed by atoms with Gasteiger partial charge in [0.05, 0.1) is 20.8 Å². The fourth-order valence-corrected chi connectivity index (χ4v) is 10.9. The number of nitrogens with two attached hydrogens (primary N) is 1. The Balaban J connectivity index is 1.13. The van der Waals surface area contributed by atoms with E-state index in [0.717, 1.165) is 62.8 Å². The summed E-state index contributed by atoms with van der Waals surface area (Å²) < 4.78 is 53.4. The van der Waals surface area contributed by atoms with E-state index in [1.54, 1.807) is 6.07 Å². The Morgan fingerprint density at radius 3 is 2.72 bits per heavy atom. The molecule has 0 radical (unpaired) electrons. The van der Waals surface area contributed by atoms with Gasteiger partial charge in [0.25, 0.3) is 0 Å². The Hall–Kier alpha value is -3.86. The second-order valence-electron chi connectivity index (χ2n) is 16.0. The number of nitrogens with zero attached hydrogens (tertiary/aromatic N) is 6. The molecule has 14 heteroatoms. The first kappa shape index (κ1) is 34.9. The number of rotatable bonds is 7. The zero-order chi connectivity index (χ0) is 36.6. The molecule has 1 saturated carbocycles. The van der Waals surface area contributed by atoms with Crippen LogP contribution in [0, 0.1) is 34.3 Å². The average molecular weight is 764 g/mol. The van der Waals surface area contributed by atoms with Crippen molar-refractivity contribution in [3.05, 3.63) is 40.4 Å². The lowest BCUT2D eigenvalue weighted by molar-refractivity contribution is -0.145. The van der Waals surface area contributed by atoms with Gasteiger partial charge < -0.3 is 20.3 Å². The number of amides is 1. The molecule has 0 bridgehead atoms. The number of benzene rings is 2. The van der Waals surface area contributed by atoms with E-state index in [1.807, 2.05) is 4.90 Å². The van der Waals surface area contributed by atoms with Crippen molar-refractivity contribution in [2.45, 2.75) is 75.9 Å². The van der Waals surface area contributed by atoms with E-state index in [9.17, 15) is 14.4 Å². The van der Waals surface area contributed by atoms with Gasteiger partial charge in [-0.05, 0) is 68.7 Å². The first-order chi connectivity index (χ1) is 25.6.